The van der Waals surface area contributed by atoms with Gasteiger partial charge in [0.25, 0.3) is 0 Å². The molecule has 149 heavy (non-hydrogen) atoms. The van der Waals surface area contributed by atoms with Gasteiger partial charge in [-0.25, -0.2) is 0 Å². The van der Waals surface area contributed by atoms with Crippen LogP contribution < -0.4 is 0 Å². The molecule has 0 saturated heterocycles. The van der Waals surface area contributed by atoms with E-state index in [0.717, 1.165) is 16.7 Å². The van der Waals surface area contributed by atoms with Crippen molar-refractivity contribution in [2.45, 2.75) is 19.3 Å². The first-order chi connectivity index (χ1) is 73.6. The first-order valence-electron chi connectivity index (χ1n) is 51.4. The molecule has 25 aromatic carbocycles. The minimum absolute atomic E-state index is 0.0523. The highest BCUT2D eigenvalue weighted by Crippen LogP contribution is 2.52. The van der Waals surface area contributed by atoms with Gasteiger partial charge in [-0.3, -0.25) is 0 Å². The highest BCUT2D eigenvalue weighted by atomic mass is 15.0. The van der Waals surface area contributed by atoms with E-state index in [1.807, 2.05) is 18.2 Å². The highest BCUT2D eigenvalue weighted by molar-refractivity contribution is 6.27. The summed E-state index contributed by atoms with van der Waals surface area (Å²) in [6, 6.07) is 191. The molecule has 0 bridgehead atoms. The quantitative estimate of drug-likeness (QED) is 0.133. The van der Waals surface area contributed by atoms with Gasteiger partial charge >= 0.3 is 0 Å². The van der Waals surface area contributed by atoms with E-state index in [1.54, 1.807) is 0 Å². The maximum Gasteiger partial charge on any atom is 0.0992 e. The van der Waals surface area contributed by atoms with Gasteiger partial charge in [-0.1, -0.05) is 360 Å². The van der Waals surface area contributed by atoms with E-state index < -0.39 is 0 Å². The summed E-state index contributed by atoms with van der Waals surface area (Å²) >= 11 is 0. The zero-order chi connectivity index (χ0) is 98.4. The van der Waals surface area contributed by atoms with E-state index >= 15 is 0 Å². The lowest BCUT2D eigenvalue weighted by Gasteiger charge is -2.22. The molecule has 0 unspecified atom stereocenters. The number of nitrogens with zero attached hydrogens (tertiary/aromatic N) is 7. The summed E-state index contributed by atoms with van der Waals surface area (Å²) in [6.45, 7) is 4.71. The van der Waals surface area contributed by atoms with Gasteiger partial charge in [0.05, 0.1) is 94.9 Å². The predicted octanol–water partition coefficient (Wildman–Crippen LogP) is 37.7. The average molecular weight is 1900 g/mol. The Morgan fingerprint density at radius 2 is 0.409 bits per heavy atom. The molecule has 32 rings (SSSR count). The van der Waals surface area contributed by atoms with Gasteiger partial charge in [-0.15, -0.1) is 0 Å². The van der Waals surface area contributed by atoms with Crippen LogP contribution in [0, 0.1) is 11.3 Å². The minimum atomic E-state index is -0.0523. The van der Waals surface area contributed by atoms with Crippen LogP contribution in [0.5, 0.6) is 0 Å². The summed E-state index contributed by atoms with van der Waals surface area (Å²) in [5, 5.41) is 39.7. The number of nitriles is 1. The molecule has 0 aliphatic heterocycles. The van der Waals surface area contributed by atoms with Gasteiger partial charge in [0.2, 0.25) is 0 Å². The van der Waals surface area contributed by atoms with E-state index in [0.29, 0.717) is 5.56 Å². The highest BCUT2D eigenvalue weighted by Gasteiger charge is 2.36. The van der Waals surface area contributed by atoms with Gasteiger partial charge < -0.3 is 27.4 Å². The second-order valence-electron chi connectivity index (χ2n) is 40.4. The average Bonchev–Trinajstić information content (AvgIpc) is 1.58. The first kappa shape index (κ1) is 85.0. The second kappa shape index (κ2) is 33.5. The van der Waals surface area contributed by atoms with Crippen molar-refractivity contribution in [2.75, 3.05) is 0 Å². The van der Waals surface area contributed by atoms with E-state index in [4.69, 9.17) is 0 Å². The maximum absolute atomic E-state index is 9.54. The number of benzene rings is 25. The van der Waals surface area contributed by atoms with Gasteiger partial charge in [0.1, 0.15) is 0 Å². The zero-order valence-corrected chi connectivity index (χ0v) is 81.7. The molecule has 0 amide bonds. The molecule has 694 valence electrons. The molecule has 0 saturated carbocycles. The van der Waals surface area contributed by atoms with Crippen LogP contribution in [0.3, 0.4) is 0 Å². The zero-order valence-electron chi connectivity index (χ0n) is 81.7. The fourth-order valence-electron chi connectivity index (χ4n) is 25.3. The van der Waals surface area contributed by atoms with Crippen molar-refractivity contribution in [1.29, 1.82) is 5.26 Å². The Labute approximate surface area is 858 Å². The molecule has 0 atom stereocenters. The van der Waals surface area contributed by atoms with E-state index in [9.17, 15) is 5.26 Å². The molecule has 31 aromatic rings. The molecule has 0 spiro atoms. The monoisotopic (exact) mass is 1890 g/mol. The van der Waals surface area contributed by atoms with Crippen molar-refractivity contribution in [3.63, 3.8) is 0 Å². The molecule has 1 aliphatic carbocycles. The van der Waals surface area contributed by atoms with Crippen molar-refractivity contribution in [1.82, 2.24) is 27.4 Å². The van der Waals surface area contributed by atoms with Gasteiger partial charge in [-0.2, -0.15) is 5.26 Å². The molecule has 6 heterocycles. The Morgan fingerprint density at radius 3 is 0.765 bits per heavy atom. The molecular formula is C142H91N7. The van der Waals surface area contributed by atoms with Gasteiger partial charge in [0.15, 0.2) is 0 Å². The first-order valence-corrected chi connectivity index (χ1v) is 51.4. The van der Waals surface area contributed by atoms with Crippen molar-refractivity contribution < 1.29 is 0 Å². The molecular weight excluding hydrogens is 1800 g/mol. The van der Waals surface area contributed by atoms with Crippen LogP contribution in [0.4, 0.5) is 0 Å². The largest absolute Gasteiger partial charge is 0.309 e. The summed E-state index contributed by atoms with van der Waals surface area (Å²) in [6.07, 6.45) is 0. The number of aromatic nitrogens is 6. The van der Waals surface area contributed by atoms with Crippen LogP contribution in [-0.2, 0) is 5.41 Å². The van der Waals surface area contributed by atoms with Gasteiger partial charge in [-0.05, 0) is 274 Å². The lowest BCUT2D eigenvalue weighted by Crippen LogP contribution is -2.15. The van der Waals surface area contributed by atoms with Gasteiger partial charge in [0, 0.05) is 103 Å². The fourth-order valence-corrected chi connectivity index (χ4v) is 25.3. The normalized spacial score (nSPS) is 12.4. The Bertz CT molecular complexity index is 11100. The number of para-hydroxylation sites is 6. The smallest absolute Gasteiger partial charge is 0.0992 e. The predicted molar refractivity (Wildman–Crippen MR) is 629 cm³/mol. The van der Waals surface area contributed by atoms with E-state index in [-0.39, 0.29) is 5.41 Å². The molecule has 0 N–H and O–H groups in total. The number of fused-ring (bicyclic) bond motifs is 30. The van der Waals surface area contributed by atoms with Crippen LogP contribution in [0.25, 0.3) is 274 Å². The lowest BCUT2D eigenvalue weighted by atomic mass is 9.82. The molecule has 7 heteroatoms. The third-order valence-corrected chi connectivity index (χ3v) is 32.1. The van der Waals surface area contributed by atoms with Crippen molar-refractivity contribution in [2.24, 2.45) is 0 Å². The van der Waals surface area contributed by atoms with Crippen molar-refractivity contribution in [3.05, 3.63) is 532 Å². The van der Waals surface area contributed by atoms with Crippen LogP contribution in [0.2, 0.25) is 0 Å². The molecule has 6 aromatic heterocycles. The molecule has 1 aliphatic rings. The number of hydrogen-bond acceptors (Lipinski definition) is 1. The summed E-state index contributed by atoms with van der Waals surface area (Å²) in [5.74, 6) is 0. The third-order valence-electron chi connectivity index (χ3n) is 32.1. The number of rotatable bonds is 9. The Hall–Kier alpha value is -19.7. The standard InChI is InChI=1S/C52H32N2.C49H34N2.C41H25N3/c1-2-14-37-33(12-1)13-11-23-48(37)54-50-22-10-8-20-44(50)47-31-35(25-29-52(47)54)34-24-28-51-46(30-34)43-19-7-9-21-49(43)53(51)36-26-27-42-40-17-4-3-15-38(40)39-16-5-6-18-41(39)45(42)32-36;1-49(2)42-18-8-5-15-36(42)37-25-24-34(30-43(37)49)50-45-19-9-6-16-38(45)40-28-32(22-26-47(40)50)33-23-27-48-41(29-33)39-17-7-10-20-46(39)51(48)44-21-11-13-31-12-3-4-14-35(31)44;42-26-27-9-7-12-31(23-27)43-38-16-5-3-14-33(38)35-24-29(19-21-40(35)43)30-20-22-41-36(25-30)34-15-4-6-17-39(34)44(41)37-18-8-11-28-10-1-2-13-32(28)37/h1-32H;3-30H,1-2H3;1-25H. The molecule has 7 nitrogen and oxygen atoms in total. The lowest BCUT2D eigenvalue weighted by molar-refractivity contribution is 0.660. The molecule has 0 radical (unpaired) electrons. The summed E-state index contributed by atoms with van der Waals surface area (Å²) in [7, 11) is 0. The van der Waals surface area contributed by atoms with Crippen LogP contribution >= 0.6 is 0 Å². The minimum Gasteiger partial charge on any atom is -0.309 e. The maximum atomic E-state index is 9.54. The van der Waals surface area contributed by atoms with Crippen LogP contribution in [0.15, 0.2) is 516 Å². The van der Waals surface area contributed by atoms with Crippen LogP contribution in [0.1, 0.15) is 30.5 Å². The fraction of sp³-hybridized carbons (Fsp3) is 0.0211. The summed E-state index contributed by atoms with van der Waals surface area (Å²) in [5.41, 5.74) is 34.7. The van der Waals surface area contributed by atoms with E-state index in [2.05, 4.69) is 545 Å². The topological polar surface area (TPSA) is 53.4 Å². The SMILES string of the molecule is CC1(C)c2ccccc2-c2ccc(-n3c4ccccc4c4cc(-c5ccc6c(c5)c5ccccc5n6-c5cccc6ccccc56)ccc43)cc21.N#Cc1cccc(-n2c3ccccc3c3cc(-c4ccc5c(c4)c4ccccc4n5-c4cccc5ccccc45)ccc32)c1.c1ccc2c(-n3c4ccccc4c4cc(-c5ccc6c(c5)c5ccccc5n6-c5ccc6c7ccccc7c7ccccc7c6c5)ccc43)cccc2c1. The second-order valence-corrected chi connectivity index (χ2v) is 40.4. The third kappa shape index (κ3) is 13.2. The Kier molecular flexibility index (Phi) is 19.1. The Morgan fingerprint density at radius 1 is 0.161 bits per heavy atom. The van der Waals surface area contributed by atoms with Crippen LogP contribution in [-0.4, -0.2) is 27.4 Å². The summed E-state index contributed by atoms with van der Waals surface area (Å²) in [4.78, 5) is 0. The Balaban J connectivity index is 0.000000103. The number of hydrogen-bond donors (Lipinski definition) is 0. The van der Waals surface area contributed by atoms with E-state index in [1.165, 1.54) is 269 Å². The molecule has 0 fully saturated rings. The van der Waals surface area contributed by atoms with Crippen molar-refractivity contribution in [3.8, 4) is 84.7 Å². The summed E-state index contributed by atoms with van der Waals surface area (Å²) < 4.78 is 14.4. The van der Waals surface area contributed by atoms with Crippen molar-refractivity contribution >= 4 is 195 Å².